The molecule has 34 heavy (non-hydrogen) atoms. The normalized spacial score (nSPS) is 17.5. The number of carbonyl (C=O) groups excluding carboxylic acids is 1. The maximum absolute atomic E-state index is 14.9. The highest BCUT2D eigenvalue weighted by molar-refractivity contribution is 7.80. The maximum atomic E-state index is 14.9. The Bertz CT molecular complexity index is 1340. The largest absolute Gasteiger partial charge is 0.465 e. The number of anilines is 1. The van der Waals surface area contributed by atoms with Crippen molar-refractivity contribution < 1.29 is 13.9 Å². The van der Waals surface area contributed by atoms with Crippen molar-refractivity contribution in [1.29, 1.82) is 0 Å². The lowest BCUT2D eigenvalue weighted by atomic mass is 10.0. The summed E-state index contributed by atoms with van der Waals surface area (Å²) in [4.78, 5) is 18.2. The van der Waals surface area contributed by atoms with Crippen molar-refractivity contribution in [2.45, 2.75) is 12.1 Å². The number of carbonyl (C=O) groups is 1. The summed E-state index contributed by atoms with van der Waals surface area (Å²) in [6.07, 6.45) is 3.66. The van der Waals surface area contributed by atoms with E-state index in [1.54, 1.807) is 41.4 Å². The van der Waals surface area contributed by atoms with Gasteiger partial charge in [-0.3, -0.25) is 4.98 Å². The SMILES string of the molecule is COC(=O)c1ccc(-n2cccc2[C@H]2[C@@H](c3ccccn3)NC(=S)N2c2ccccc2F)cc1. The van der Waals surface area contributed by atoms with Gasteiger partial charge in [0.1, 0.15) is 11.9 Å². The van der Waals surface area contributed by atoms with Crippen LogP contribution in [0.4, 0.5) is 10.1 Å². The fourth-order valence-electron chi connectivity index (χ4n) is 4.31. The molecule has 4 aromatic rings. The summed E-state index contributed by atoms with van der Waals surface area (Å²) in [7, 11) is 1.35. The molecule has 0 spiro atoms. The Morgan fingerprint density at radius 1 is 1.03 bits per heavy atom. The molecule has 2 aromatic heterocycles. The van der Waals surface area contributed by atoms with Crippen LogP contribution in [0, 0.1) is 5.82 Å². The van der Waals surface area contributed by atoms with Crippen molar-refractivity contribution in [3.63, 3.8) is 0 Å². The third kappa shape index (κ3) is 3.82. The summed E-state index contributed by atoms with van der Waals surface area (Å²) in [5, 5.41) is 3.76. The Kier molecular flexibility index (Phi) is 5.81. The molecule has 170 valence electrons. The first-order valence-corrected chi connectivity index (χ1v) is 11.1. The van der Waals surface area contributed by atoms with Crippen molar-refractivity contribution in [3.8, 4) is 5.69 Å². The fourth-order valence-corrected chi connectivity index (χ4v) is 4.65. The number of ether oxygens (including phenoxy) is 1. The van der Waals surface area contributed by atoms with E-state index in [4.69, 9.17) is 17.0 Å². The zero-order valence-electron chi connectivity index (χ0n) is 18.3. The van der Waals surface area contributed by atoms with Gasteiger partial charge in [0, 0.05) is 23.8 Å². The molecular weight excluding hydrogens is 451 g/mol. The summed E-state index contributed by atoms with van der Waals surface area (Å²) in [6, 6.07) is 22.6. The number of benzene rings is 2. The summed E-state index contributed by atoms with van der Waals surface area (Å²) >= 11 is 5.69. The average Bonchev–Trinajstić information content (AvgIpc) is 3.49. The lowest BCUT2D eigenvalue weighted by molar-refractivity contribution is 0.0600. The monoisotopic (exact) mass is 472 g/mol. The van der Waals surface area contributed by atoms with Gasteiger partial charge in [-0.1, -0.05) is 18.2 Å². The van der Waals surface area contributed by atoms with E-state index >= 15 is 0 Å². The smallest absolute Gasteiger partial charge is 0.337 e. The van der Waals surface area contributed by atoms with Crippen LogP contribution in [0.3, 0.4) is 0 Å². The highest BCUT2D eigenvalue weighted by Gasteiger charge is 2.43. The summed E-state index contributed by atoms with van der Waals surface area (Å²) in [6.45, 7) is 0. The summed E-state index contributed by atoms with van der Waals surface area (Å²) < 4.78 is 21.7. The van der Waals surface area contributed by atoms with Gasteiger partial charge in [-0.25, -0.2) is 9.18 Å². The van der Waals surface area contributed by atoms with Crippen LogP contribution in [0.25, 0.3) is 5.69 Å². The van der Waals surface area contributed by atoms with Gasteiger partial charge < -0.3 is 19.5 Å². The molecule has 5 rings (SSSR count). The highest BCUT2D eigenvalue weighted by Crippen LogP contribution is 2.42. The Hall–Kier alpha value is -4.04. The number of esters is 1. The van der Waals surface area contributed by atoms with E-state index in [1.165, 1.54) is 13.2 Å². The van der Waals surface area contributed by atoms with Gasteiger partial charge in [0.15, 0.2) is 5.11 Å². The molecule has 0 saturated carbocycles. The van der Waals surface area contributed by atoms with Crippen LogP contribution < -0.4 is 10.2 Å². The number of para-hydroxylation sites is 1. The van der Waals surface area contributed by atoms with E-state index in [2.05, 4.69) is 10.3 Å². The summed E-state index contributed by atoms with van der Waals surface area (Å²) in [5.41, 5.74) is 3.37. The van der Waals surface area contributed by atoms with E-state index in [9.17, 15) is 9.18 Å². The second kappa shape index (κ2) is 9.07. The molecule has 0 bridgehead atoms. The molecule has 1 aliphatic heterocycles. The molecule has 0 amide bonds. The van der Waals surface area contributed by atoms with Crippen molar-refractivity contribution in [2.75, 3.05) is 12.0 Å². The third-order valence-electron chi connectivity index (χ3n) is 5.86. The first-order valence-electron chi connectivity index (χ1n) is 10.7. The Morgan fingerprint density at radius 3 is 2.50 bits per heavy atom. The Balaban J connectivity index is 1.63. The predicted octanol–water partition coefficient (Wildman–Crippen LogP) is 4.98. The zero-order valence-corrected chi connectivity index (χ0v) is 19.1. The molecule has 0 radical (unpaired) electrons. The second-order valence-corrected chi connectivity index (χ2v) is 8.18. The average molecular weight is 473 g/mol. The van der Waals surface area contributed by atoms with E-state index in [1.807, 2.05) is 53.2 Å². The third-order valence-corrected chi connectivity index (χ3v) is 6.17. The van der Waals surface area contributed by atoms with E-state index in [0.29, 0.717) is 16.4 Å². The number of hydrogen-bond donors (Lipinski definition) is 1. The van der Waals surface area contributed by atoms with Gasteiger partial charge in [-0.15, -0.1) is 0 Å². The predicted molar refractivity (Wildman–Crippen MR) is 131 cm³/mol. The lowest BCUT2D eigenvalue weighted by Crippen LogP contribution is -2.31. The molecule has 1 aliphatic rings. The molecule has 8 heteroatoms. The van der Waals surface area contributed by atoms with E-state index < -0.39 is 5.97 Å². The molecule has 6 nitrogen and oxygen atoms in total. The molecule has 1 fully saturated rings. The lowest BCUT2D eigenvalue weighted by Gasteiger charge is -2.29. The van der Waals surface area contributed by atoms with Gasteiger partial charge >= 0.3 is 5.97 Å². The quantitative estimate of drug-likeness (QED) is 0.327. The van der Waals surface area contributed by atoms with Crippen LogP contribution in [0.5, 0.6) is 0 Å². The first kappa shape index (κ1) is 21.8. The first-order chi connectivity index (χ1) is 16.6. The van der Waals surface area contributed by atoms with Crippen LogP contribution in [0.15, 0.2) is 91.3 Å². The van der Waals surface area contributed by atoms with Crippen molar-refractivity contribution >= 4 is 29.0 Å². The van der Waals surface area contributed by atoms with Crippen LogP contribution >= 0.6 is 12.2 Å². The number of nitrogens with one attached hydrogen (secondary N) is 1. The van der Waals surface area contributed by atoms with Crippen LogP contribution in [-0.4, -0.2) is 27.7 Å². The number of halogens is 1. The number of hydrogen-bond acceptors (Lipinski definition) is 4. The highest BCUT2D eigenvalue weighted by atomic mass is 32.1. The van der Waals surface area contributed by atoms with Gasteiger partial charge in [0.25, 0.3) is 0 Å². The minimum Gasteiger partial charge on any atom is -0.465 e. The standard InChI is InChI=1S/C26H21FN4O2S/c1-33-25(32)17-11-13-18(14-12-17)30-16-6-10-22(30)24-23(20-8-4-5-15-28-20)29-26(34)31(24)21-9-3-2-7-19(21)27/h2-16,23-24H,1H3,(H,29,34)/t23-,24+/m1/s1. The number of methoxy groups -OCH3 is 1. The zero-order chi connectivity index (χ0) is 23.7. The number of pyridine rings is 1. The van der Waals surface area contributed by atoms with Gasteiger partial charge in [0.2, 0.25) is 0 Å². The molecule has 2 aromatic carbocycles. The van der Waals surface area contributed by atoms with Crippen LogP contribution in [-0.2, 0) is 4.74 Å². The van der Waals surface area contributed by atoms with Crippen LogP contribution in [0.2, 0.25) is 0 Å². The number of nitrogens with zero attached hydrogens (tertiary/aromatic N) is 3. The van der Waals surface area contributed by atoms with Gasteiger partial charge in [-0.05, 0) is 72.9 Å². The Morgan fingerprint density at radius 2 is 1.79 bits per heavy atom. The molecule has 1 N–H and O–H groups in total. The number of aromatic nitrogens is 2. The van der Waals surface area contributed by atoms with Crippen LogP contribution in [0.1, 0.15) is 33.8 Å². The fraction of sp³-hybridized carbons (Fsp3) is 0.115. The van der Waals surface area contributed by atoms with E-state index in [0.717, 1.165) is 17.1 Å². The minimum absolute atomic E-state index is 0.309. The molecule has 2 atom stereocenters. The topological polar surface area (TPSA) is 59.4 Å². The number of thiocarbonyl (C=S) groups is 1. The van der Waals surface area contributed by atoms with Gasteiger partial charge in [0.05, 0.1) is 30.1 Å². The van der Waals surface area contributed by atoms with Crippen molar-refractivity contribution in [3.05, 3.63) is 114 Å². The maximum Gasteiger partial charge on any atom is 0.337 e. The Labute approximate surface area is 201 Å². The van der Waals surface area contributed by atoms with E-state index in [-0.39, 0.29) is 17.9 Å². The second-order valence-electron chi connectivity index (χ2n) is 7.79. The molecule has 0 aliphatic carbocycles. The van der Waals surface area contributed by atoms with Gasteiger partial charge in [-0.2, -0.15) is 0 Å². The minimum atomic E-state index is -0.398. The van der Waals surface area contributed by atoms with Crippen molar-refractivity contribution in [2.24, 2.45) is 0 Å². The molecule has 3 heterocycles. The molecule has 0 unspecified atom stereocenters. The van der Waals surface area contributed by atoms with Crippen molar-refractivity contribution in [1.82, 2.24) is 14.9 Å². The summed E-state index contributed by atoms with van der Waals surface area (Å²) in [5.74, 6) is -0.760. The molecule has 1 saturated heterocycles. The number of rotatable bonds is 5. The molecular formula is C26H21FN4O2S.